The minimum atomic E-state index is -0.391. The summed E-state index contributed by atoms with van der Waals surface area (Å²) >= 11 is 0. The van der Waals surface area contributed by atoms with Crippen molar-refractivity contribution < 1.29 is 9.90 Å². The molecule has 2 unspecified atom stereocenters. The lowest BCUT2D eigenvalue weighted by Gasteiger charge is -2.40. The standard InChI is InChI=1S/C12H24N2O2/c1-4-14(3)11(16)13-12(9-15)7-5-6-10(2)8-12/h10,15H,4-9H2,1-3H3,(H,13,16). The molecule has 1 saturated carbocycles. The molecule has 2 atom stereocenters. The van der Waals surface area contributed by atoms with Gasteiger partial charge in [0.2, 0.25) is 0 Å². The van der Waals surface area contributed by atoms with Gasteiger partial charge in [-0.1, -0.05) is 19.8 Å². The van der Waals surface area contributed by atoms with Crippen LogP contribution in [0.2, 0.25) is 0 Å². The van der Waals surface area contributed by atoms with E-state index in [-0.39, 0.29) is 12.6 Å². The molecular formula is C12H24N2O2. The number of nitrogens with zero attached hydrogens (tertiary/aromatic N) is 1. The second-order valence-corrected chi connectivity index (χ2v) is 5.08. The van der Waals surface area contributed by atoms with Crippen molar-refractivity contribution in [3.05, 3.63) is 0 Å². The van der Waals surface area contributed by atoms with Crippen LogP contribution in [0.3, 0.4) is 0 Å². The number of hydrogen-bond donors (Lipinski definition) is 2. The van der Waals surface area contributed by atoms with Crippen LogP contribution in [0.4, 0.5) is 4.79 Å². The fourth-order valence-corrected chi connectivity index (χ4v) is 2.42. The molecule has 1 aliphatic carbocycles. The minimum absolute atomic E-state index is 0.0423. The Morgan fingerprint density at radius 2 is 2.31 bits per heavy atom. The van der Waals surface area contributed by atoms with Gasteiger partial charge in [-0.2, -0.15) is 0 Å². The predicted octanol–water partition coefficient (Wildman–Crippen LogP) is 1.59. The van der Waals surface area contributed by atoms with Gasteiger partial charge in [-0.25, -0.2) is 4.79 Å². The first-order valence-electron chi connectivity index (χ1n) is 6.17. The highest BCUT2D eigenvalue weighted by molar-refractivity contribution is 5.74. The maximum atomic E-state index is 11.8. The number of amides is 2. The summed E-state index contributed by atoms with van der Waals surface area (Å²) in [6.45, 7) is 4.84. The molecule has 0 bridgehead atoms. The quantitative estimate of drug-likeness (QED) is 0.770. The van der Waals surface area contributed by atoms with Gasteiger partial charge in [-0.05, 0) is 25.7 Å². The zero-order valence-corrected chi connectivity index (χ0v) is 10.6. The molecule has 0 spiro atoms. The fourth-order valence-electron chi connectivity index (χ4n) is 2.42. The highest BCUT2D eigenvalue weighted by Crippen LogP contribution is 2.32. The second kappa shape index (κ2) is 5.53. The number of aliphatic hydroxyl groups is 1. The van der Waals surface area contributed by atoms with E-state index in [0.29, 0.717) is 12.5 Å². The first-order chi connectivity index (χ1) is 7.53. The zero-order chi connectivity index (χ0) is 12.2. The second-order valence-electron chi connectivity index (χ2n) is 5.08. The molecule has 4 nitrogen and oxygen atoms in total. The van der Waals surface area contributed by atoms with E-state index in [9.17, 15) is 9.90 Å². The van der Waals surface area contributed by atoms with Crippen molar-refractivity contribution >= 4 is 6.03 Å². The van der Waals surface area contributed by atoms with E-state index in [1.165, 1.54) is 6.42 Å². The number of hydrogen-bond acceptors (Lipinski definition) is 2. The van der Waals surface area contributed by atoms with E-state index in [1.807, 2.05) is 6.92 Å². The maximum Gasteiger partial charge on any atom is 0.317 e. The number of aliphatic hydroxyl groups excluding tert-OH is 1. The topological polar surface area (TPSA) is 52.6 Å². The van der Waals surface area contributed by atoms with Crippen molar-refractivity contribution in [3.63, 3.8) is 0 Å². The normalized spacial score (nSPS) is 29.9. The molecule has 2 amide bonds. The van der Waals surface area contributed by atoms with Crippen LogP contribution in [-0.4, -0.2) is 41.8 Å². The van der Waals surface area contributed by atoms with Gasteiger partial charge in [0.05, 0.1) is 12.1 Å². The van der Waals surface area contributed by atoms with Crippen molar-refractivity contribution in [2.45, 2.75) is 45.1 Å². The molecular weight excluding hydrogens is 204 g/mol. The monoisotopic (exact) mass is 228 g/mol. The Bertz CT molecular complexity index is 245. The number of nitrogens with one attached hydrogen (secondary N) is 1. The van der Waals surface area contributed by atoms with E-state index < -0.39 is 5.54 Å². The van der Waals surface area contributed by atoms with E-state index in [0.717, 1.165) is 19.3 Å². The Morgan fingerprint density at radius 1 is 1.62 bits per heavy atom. The van der Waals surface area contributed by atoms with E-state index >= 15 is 0 Å². The first-order valence-corrected chi connectivity index (χ1v) is 6.17. The van der Waals surface area contributed by atoms with Gasteiger partial charge in [0, 0.05) is 13.6 Å². The summed E-state index contributed by atoms with van der Waals surface area (Å²) in [6.07, 6.45) is 4.04. The molecule has 16 heavy (non-hydrogen) atoms. The molecule has 1 fully saturated rings. The molecule has 0 aromatic heterocycles. The van der Waals surface area contributed by atoms with Crippen LogP contribution in [0.5, 0.6) is 0 Å². The third kappa shape index (κ3) is 3.11. The Hall–Kier alpha value is -0.770. The van der Waals surface area contributed by atoms with Crippen LogP contribution in [-0.2, 0) is 0 Å². The highest BCUT2D eigenvalue weighted by Gasteiger charge is 2.36. The third-order valence-corrected chi connectivity index (χ3v) is 3.59. The molecule has 0 heterocycles. The van der Waals surface area contributed by atoms with E-state index in [4.69, 9.17) is 0 Å². The molecule has 0 saturated heterocycles. The first kappa shape index (κ1) is 13.3. The van der Waals surface area contributed by atoms with Crippen molar-refractivity contribution in [2.24, 2.45) is 5.92 Å². The summed E-state index contributed by atoms with van der Waals surface area (Å²) in [7, 11) is 1.77. The summed E-state index contributed by atoms with van der Waals surface area (Å²) < 4.78 is 0. The van der Waals surface area contributed by atoms with E-state index in [2.05, 4.69) is 12.2 Å². The molecule has 1 aliphatic rings. The molecule has 0 aromatic rings. The number of carbonyl (C=O) groups excluding carboxylic acids is 1. The third-order valence-electron chi connectivity index (χ3n) is 3.59. The van der Waals surface area contributed by atoms with Gasteiger partial charge in [-0.3, -0.25) is 0 Å². The zero-order valence-electron chi connectivity index (χ0n) is 10.6. The summed E-state index contributed by atoms with van der Waals surface area (Å²) in [5.41, 5.74) is -0.391. The largest absolute Gasteiger partial charge is 0.394 e. The Kier molecular flexibility index (Phi) is 4.59. The van der Waals surface area contributed by atoms with Gasteiger partial charge >= 0.3 is 6.03 Å². The highest BCUT2D eigenvalue weighted by atomic mass is 16.3. The van der Waals surface area contributed by atoms with Crippen molar-refractivity contribution in [1.29, 1.82) is 0 Å². The van der Waals surface area contributed by atoms with Gasteiger partial charge in [-0.15, -0.1) is 0 Å². The SMILES string of the molecule is CCN(C)C(=O)NC1(CO)CCCC(C)C1. The van der Waals surface area contributed by atoms with Gasteiger partial charge in [0.1, 0.15) is 0 Å². The van der Waals surface area contributed by atoms with Crippen LogP contribution < -0.4 is 5.32 Å². The average Bonchev–Trinajstić information content (AvgIpc) is 2.27. The Morgan fingerprint density at radius 3 is 2.81 bits per heavy atom. The lowest BCUT2D eigenvalue weighted by atomic mass is 9.77. The lowest BCUT2D eigenvalue weighted by Crippen LogP contribution is -2.56. The van der Waals surface area contributed by atoms with Crippen LogP contribution in [0.25, 0.3) is 0 Å². The van der Waals surface area contributed by atoms with Crippen LogP contribution in [0, 0.1) is 5.92 Å². The minimum Gasteiger partial charge on any atom is -0.394 e. The van der Waals surface area contributed by atoms with Crippen molar-refractivity contribution in [2.75, 3.05) is 20.2 Å². The Labute approximate surface area is 98.0 Å². The fraction of sp³-hybridized carbons (Fsp3) is 0.917. The van der Waals surface area contributed by atoms with Crippen LogP contribution in [0.1, 0.15) is 39.5 Å². The summed E-state index contributed by atoms with van der Waals surface area (Å²) in [6, 6.07) is -0.0781. The van der Waals surface area contributed by atoms with Crippen LogP contribution >= 0.6 is 0 Å². The van der Waals surface area contributed by atoms with Gasteiger partial charge in [0.25, 0.3) is 0 Å². The molecule has 0 aliphatic heterocycles. The number of carbonyl (C=O) groups is 1. The Balaban J connectivity index is 2.62. The number of urea groups is 1. The smallest absolute Gasteiger partial charge is 0.317 e. The molecule has 2 N–H and O–H groups in total. The average molecular weight is 228 g/mol. The molecule has 0 aromatic carbocycles. The maximum absolute atomic E-state index is 11.8. The summed E-state index contributed by atoms with van der Waals surface area (Å²) in [5, 5.41) is 12.5. The molecule has 1 rings (SSSR count). The van der Waals surface area contributed by atoms with Gasteiger partial charge < -0.3 is 15.3 Å². The van der Waals surface area contributed by atoms with E-state index in [1.54, 1.807) is 11.9 Å². The molecule has 94 valence electrons. The van der Waals surface area contributed by atoms with Crippen molar-refractivity contribution in [1.82, 2.24) is 10.2 Å². The lowest BCUT2D eigenvalue weighted by molar-refractivity contribution is 0.0991. The predicted molar refractivity (Wildman–Crippen MR) is 64.3 cm³/mol. The van der Waals surface area contributed by atoms with Crippen LogP contribution in [0.15, 0.2) is 0 Å². The summed E-state index contributed by atoms with van der Waals surface area (Å²) in [4.78, 5) is 13.5. The molecule has 0 radical (unpaired) electrons. The molecule has 4 heteroatoms. The van der Waals surface area contributed by atoms with Crippen molar-refractivity contribution in [3.8, 4) is 0 Å². The summed E-state index contributed by atoms with van der Waals surface area (Å²) in [5.74, 6) is 0.577. The van der Waals surface area contributed by atoms with Gasteiger partial charge in [0.15, 0.2) is 0 Å². The number of rotatable bonds is 3.